The van der Waals surface area contributed by atoms with Crippen LogP contribution in [0.25, 0.3) is 0 Å². The number of allylic oxidation sites excluding steroid dienone is 3. The summed E-state index contributed by atoms with van der Waals surface area (Å²) in [5.41, 5.74) is 3.60. The third kappa shape index (κ3) is 4.10. The van der Waals surface area contributed by atoms with Crippen LogP contribution >= 0.6 is 0 Å². The molecule has 216 valence electrons. The average molecular weight is 562 g/mol. The molecule has 1 aliphatic carbocycles. The minimum atomic E-state index is -0.724. The van der Waals surface area contributed by atoms with Gasteiger partial charge in [-0.1, -0.05) is 12.1 Å². The van der Waals surface area contributed by atoms with Crippen LogP contribution in [0.2, 0.25) is 0 Å². The van der Waals surface area contributed by atoms with E-state index in [0.717, 1.165) is 11.1 Å². The number of aryl methyl sites for hydroxylation is 1. The quantitative estimate of drug-likeness (QED) is 0.325. The molecule has 1 fully saturated rings. The maximum Gasteiger partial charge on any atom is 0.333 e. The highest BCUT2D eigenvalue weighted by Gasteiger charge is 2.58. The number of fused-ring (bicyclic) bond motifs is 6. The number of ether oxygens (including phenoxy) is 3. The van der Waals surface area contributed by atoms with Crippen molar-refractivity contribution < 1.29 is 33.7 Å². The highest BCUT2D eigenvalue weighted by molar-refractivity contribution is 6.25. The molecule has 2 bridgehead atoms. The second-order valence-electron chi connectivity index (χ2n) is 11.1. The number of Topliss-reactive ketones (excluding diaryl/α,β-unsaturated/α-hetero) is 2. The first-order chi connectivity index (χ1) is 19.5. The Morgan fingerprint density at radius 3 is 2.49 bits per heavy atom. The van der Waals surface area contributed by atoms with Crippen molar-refractivity contribution in [1.29, 1.82) is 5.26 Å². The molecular weight excluding hydrogens is 526 g/mol. The fourth-order valence-corrected chi connectivity index (χ4v) is 7.16. The molecule has 1 saturated heterocycles. The molecule has 10 nitrogen and oxygen atoms in total. The Morgan fingerprint density at radius 2 is 1.88 bits per heavy atom. The number of piperazine rings is 1. The number of benzene rings is 1. The number of carbonyl (C=O) groups excluding carboxylic acids is 3. The predicted molar refractivity (Wildman–Crippen MR) is 148 cm³/mol. The molecule has 0 spiro atoms. The van der Waals surface area contributed by atoms with Gasteiger partial charge in [0.15, 0.2) is 23.0 Å². The Morgan fingerprint density at radius 1 is 1.17 bits per heavy atom. The lowest BCUT2D eigenvalue weighted by Gasteiger charge is -2.60. The van der Waals surface area contributed by atoms with Gasteiger partial charge in [0, 0.05) is 39.9 Å². The van der Waals surface area contributed by atoms with Crippen LogP contribution in [0.1, 0.15) is 49.9 Å². The van der Waals surface area contributed by atoms with Crippen molar-refractivity contribution in [2.24, 2.45) is 0 Å². The molecule has 0 radical (unpaired) electrons. The summed E-state index contributed by atoms with van der Waals surface area (Å²) in [6.07, 6.45) is 2.25. The number of phenolic OH excluding ortho intramolecular Hbond substituents is 1. The maximum absolute atomic E-state index is 13.8. The summed E-state index contributed by atoms with van der Waals surface area (Å²) in [5.74, 6) is -0.760. The van der Waals surface area contributed by atoms with E-state index in [-0.39, 0.29) is 41.7 Å². The zero-order chi connectivity index (χ0) is 29.9. The number of nitriles is 1. The van der Waals surface area contributed by atoms with Gasteiger partial charge in [-0.25, -0.2) is 4.79 Å². The van der Waals surface area contributed by atoms with E-state index in [1.807, 2.05) is 29.8 Å². The Bertz CT molecular complexity index is 1500. The Labute approximate surface area is 239 Å². The Balaban J connectivity index is 1.71. The number of nitrogens with zero attached hydrogens (tertiary/aromatic N) is 3. The zero-order valence-corrected chi connectivity index (χ0v) is 24.4. The first-order valence-electron chi connectivity index (χ1n) is 13.7. The molecule has 0 saturated carbocycles. The predicted octanol–water partition coefficient (Wildman–Crippen LogP) is 2.83. The number of methoxy groups -OCH3 is 2. The molecule has 0 unspecified atom stereocenters. The number of hydrogen-bond donors (Lipinski definition) is 1. The minimum Gasteiger partial charge on any atom is -0.504 e. The summed E-state index contributed by atoms with van der Waals surface area (Å²) in [7, 11) is 4.75. The molecule has 1 aromatic rings. The molecule has 1 N–H and O–H groups in total. The van der Waals surface area contributed by atoms with E-state index >= 15 is 0 Å². The van der Waals surface area contributed by atoms with E-state index in [1.165, 1.54) is 14.2 Å². The molecule has 5 rings (SSSR count). The van der Waals surface area contributed by atoms with Crippen LogP contribution in [-0.2, 0) is 30.3 Å². The van der Waals surface area contributed by atoms with E-state index < -0.39 is 36.2 Å². The number of esters is 1. The molecule has 41 heavy (non-hydrogen) atoms. The van der Waals surface area contributed by atoms with Gasteiger partial charge in [0.1, 0.15) is 12.6 Å². The Hall–Kier alpha value is -3.94. The van der Waals surface area contributed by atoms with Crippen molar-refractivity contribution in [1.82, 2.24) is 9.80 Å². The van der Waals surface area contributed by atoms with Gasteiger partial charge >= 0.3 is 5.97 Å². The fraction of sp³-hybridized carbons (Fsp3) is 0.484. The summed E-state index contributed by atoms with van der Waals surface area (Å²) in [4.78, 5) is 44.1. The monoisotopic (exact) mass is 561 g/mol. The molecule has 0 amide bonds. The number of phenols is 1. The van der Waals surface area contributed by atoms with Crippen molar-refractivity contribution in [3.8, 4) is 17.6 Å². The molecule has 5 atom stereocenters. The molecule has 1 aromatic carbocycles. The number of likely N-dealkylation sites (N-methyl/N-ethyl adjacent to an activating group) is 1. The number of ketones is 2. The van der Waals surface area contributed by atoms with Crippen LogP contribution in [0, 0.1) is 18.3 Å². The standard InChI is InChI=1S/C31H35N3O7/c1-8-14(2)31(38)41-13-22-23-17(9-15(3)29(39-6)27(23)36)10-20-25-24-18(26(35)16(4)30(40-7)28(24)37)11-19(33(25)5)21(12-32)34(20)22/h8-9,19-22,25,36H,10-11,13H2,1-7H3/b14-8-/t19-,20-,21-,22-,25+/m0/s1. The van der Waals surface area contributed by atoms with Crippen LogP contribution in [0.3, 0.4) is 0 Å². The van der Waals surface area contributed by atoms with E-state index in [2.05, 4.69) is 6.07 Å². The molecule has 3 aliphatic heterocycles. The fourth-order valence-electron chi connectivity index (χ4n) is 7.16. The largest absolute Gasteiger partial charge is 0.504 e. The first-order valence-corrected chi connectivity index (χ1v) is 13.7. The summed E-state index contributed by atoms with van der Waals surface area (Å²) in [6.45, 7) is 6.70. The summed E-state index contributed by atoms with van der Waals surface area (Å²) in [6, 6.07) is 1.57. The second-order valence-corrected chi connectivity index (χ2v) is 11.1. The SMILES string of the molecule is C/C=C(/C)C(=O)OC[C@H]1c2c(cc(C)c(OC)c2O)C[C@H]2[C@@H]3C4=C(C[C@@H]([C@H](C#N)N12)N3C)C(=O)C(C)=C(OC)C4=O. The van der Waals surface area contributed by atoms with Crippen LogP contribution < -0.4 is 4.74 Å². The summed E-state index contributed by atoms with van der Waals surface area (Å²) >= 11 is 0. The number of hydrogen-bond acceptors (Lipinski definition) is 10. The topological polar surface area (TPSA) is 129 Å². The van der Waals surface area contributed by atoms with Crippen molar-refractivity contribution >= 4 is 17.5 Å². The van der Waals surface area contributed by atoms with E-state index in [0.29, 0.717) is 34.5 Å². The van der Waals surface area contributed by atoms with Crippen LogP contribution in [0.4, 0.5) is 0 Å². The lowest BCUT2D eigenvalue weighted by atomic mass is 9.69. The third-order valence-corrected chi connectivity index (χ3v) is 9.19. The van der Waals surface area contributed by atoms with Crippen molar-refractivity contribution in [2.75, 3.05) is 27.9 Å². The van der Waals surface area contributed by atoms with Crippen molar-refractivity contribution in [3.05, 3.63) is 56.9 Å². The number of rotatable bonds is 5. The number of aromatic hydroxyl groups is 1. The molecular formula is C31H35N3O7. The van der Waals surface area contributed by atoms with Gasteiger partial charge in [0.2, 0.25) is 5.78 Å². The van der Waals surface area contributed by atoms with Gasteiger partial charge in [-0.15, -0.1) is 0 Å². The summed E-state index contributed by atoms with van der Waals surface area (Å²) < 4.78 is 16.7. The van der Waals surface area contributed by atoms with Crippen molar-refractivity contribution in [3.63, 3.8) is 0 Å². The third-order valence-electron chi connectivity index (χ3n) is 9.19. The van der Waals surface area contributed by atoms with Crippen molar-refractivity contribution in [2.45, 2.75) is 70.7 Å². The molecule has 0 aromatic heterocycles. The van der Waals surface area contributed by atoms with Gasteiger partial charge in [0.05, 0.1) is 32.4 Å². The zero-order valence-electron chi connectivity index (χ0n) is 24.4. The smallest absolute Gasteiger partial charge is 0.333 e. The second kappa shape index (κ2) is 10.5. The van der Waals surface area contributed by atoms with Gasteiger partial charge in [0.25, 0.3) is 0 Å². The molecule has 10 heteroatoms. The van der Waals surface area contributed by atoms with Gasteiger partial charge in [-0.2, -0.15) is 5.26 Å². The van der Waals surface area contributed by atoms with Crippen LogP contribution in [0.15, 0.2) is 40.2 Å². The van der Waals surface area contributed by atoms with Gasteiger partial charge in [-0.3, -0.25) is 19.4 Å². The van der Waals surface area contributed by atoms with E-state index in [9.17, 15) is 24.8 Å². The molecule has 3 heterocycles. The lowest BCUT2D eigenvalue weighted by molar-refractivity contribution is -0.144. The summed E-state index contributed by atoms with van der Waals surface area (Å²) in [5, 5.41) is 22.0. The maximum atomic E-state index is 13.8. The van der Waals surface area contributed by atoms with Crippen LogP contribution in [-0.4, -0.2) is 84.5 Å². The van der Waals surface area contributed by atoms with E-state index in [4.69, 9.17) is 14.2 Å². The number of carbonyl (C=O) groups is 3. The van der Waals surface area contributed by atoms with Gasteiger partial charge in [-0.05, 0) is 58.7 Å². The lowest BCUT2D eigenvalue weighted by Crippen LogP contribution is -2.72. The highest BCUT2D eigenvalue weighted by atomic mass is 16.5. The van der Waals surface area contributed by atoms with Gasteiger partial charge < -0.3 is 19.3 Å². The Kier molecular flexibility index (Phi) is 7.30. The average Bonchev–Trinajstić information content (AvgIpc) is 2.94. The molecule has 4 aliphatic rings. The first kappa shape index (κ1) is 28.6. The van der Waals surface area contributed by atoms with Crippen LogP contribution in [0.5, 0.6) is 11.5 Å². The highest BCUT2D eigenvalue weighted by Crippen LogP contribution is 2.52. The van der Waals surface area contributed by atoms with E-state index in [1.54, 1.807) is 26.8 Å². The normalized spacial score (nSPS) is 28.0. The minimum absolute atomic E-state index is 0.0382.